The lowest BCUT2D eigenvalue weighted by molar-refractivity contribution is 0.111. The molecule has 0 amide bonds. The fourth-order valence-corrected chi connectivity index (χ4v) is 1.71. The summed E-state index contributed by atoms with van der Waals surface area (Å²) in [5, 5.41) is 1.06. The first kappa shape index (κ1) is 10.2. The first-order chi connectivity index (χ1) is 7.20. The number of imidazole rings is 1. The molecule has 1 heterocycles. The molecular weight excluding hydrogens is 235 g/mol. The molecule has 15 heavy (non-hydrogen) atoms. The zero-order chi connectivity index (χ0) is 10.8. The molecular formula is C10H6Cl2N2O. The van der Waals surface area contributed by atoms with Gasteiger partial charge in [-0.15, -0.1) is 0 Å². The number of halogens is 2. The number of hydrogen-bond donors (Lipinski definition) is 1. The molecule has 1 N–H and O–H groups in total. The number of H-pyrrole nitrogens is 1. The van der Waals surface area contributed by atoms with E-state index < -0.39 is 0 Å². The van der Waals surface area contributed by atoms with E-state index in [0.717, 1.165) is 0 Å². The van der Waals surface area contributed by atoms with E-state index in [9.17, 15) is 4.79 Å². The van der Waals surface area contributed by atoms with Gasteiger partial charge in [0.15, 0.2) is 6.29 Å². The summed E-state index contributed by atoms with van der Waals surface area (Å²) in [6.07, 6.45) is 2.15. The number of nitrogens with one attached hydrogen (secondary N) is 1. The molecule has 0 aliphatic heterocycles. The van der Waals surface area contributed by atoms with E-state index in [0.29, 0.717) is 33.4 Å². The molecule has 5 heteroatoms. The highest BCUT2D eigenvalue weighted by Crippen LogP contribution is 2.28. The average Bonchev–Trinajstić information content (AvgIpc) is 2.66. The number of rotatable bonds is 2. The molecule has 0 aliphatic carbocycles. The summed E-state index contributed by atoms with van der Waals surface area (Å²) in [5.41, 5.74) is 1.13. The van der Waals surface area contributed by atoms with Crippen LogP contribution in [0.2, 0.25) is 10.0 Å². The number of carbonyl (C=O) groups is 1. The Morgan fingerprint density at radius 2 is 2.13 bits per heavy atom. The lowest BCUT2D eigenvalue weighted by atomic mass is 10.2. The van der Waals surface area contributed by atoms with Gasteiger partial charge in [0.1, 0.15) is 5.82 Å². The van der Waals surface area contributed by atoms with Crippen molar-refractivity contribution in [3.8, 4) is 11.4 Å². The van der Waals surface area contributed by atoms with Crippen LogP contribution in [0.15, 0.2) is 24.4 Å². The maximum Gasteiger partial charge on any atom is 0.167 e. The zero-order valence-corrected chi connectivity index (χ0v) is 9.01. The van der Waals surface area contributed by atoms with Gasteiger partial charge in [-0.1, -0.05) is 23.2 Å². The number of aldehydes is 1. The Morgan fingerprint density at radius 3 is 2.73 bits per heavy atom. The Hall–Kier alpha value is -1.32. The standard InChI is InChI=1S/C10H6Cl2N2O/c11-6-1-2-8(9(12)3-6)10-13-4-7(5-15)14-10/h1-5H,(H,13,14). The normalized spacial score (nSPS) is 10.3. The molecule has 1 aromatic carbocycles. The molecule has 0 saturated carbocycles. The maximum atomic E-state index is 10.5. The van der Waals surface area contributed by atoms with Gasteiger partial charge in [0.25, 0.3) is 0 Å². The SMILES string of the molecule is O=Cc1cnc(-c2ccc(Cl)cc2Cl)[nH]1. The van der Waals surface area contributed by atoms with Crippen LogP contribution in [0.1, 0.15) is 10.5 Å². The first-order valence-corrected chi connectivity index (χ1v) is 4.92. The van der Waals surface area contributed by atoms with Crippen molar-refractivity contribution in [3.05, 3.63) is 40.1 Å². The number of hydrogen-bond acceptors (Lipinski definition) is 2. The third kappa shape index (κ3) is 2.03. The van der Waals surface area contributed by atoms with E-state index in [2.05, 4.69) is 9.97 Å². The van der Waals surface area contributed by atoms with Crippen molar-refractivity contribution in [2.75, 3.05) is 0 Å². The molecule has 0 unspecified atom stereocenters. The van der Waals surface area contributed by atoms with Gasteiger partial charge in [0.05, 0.1) is 16.9 Å². The molecule has 0 fully saturated rings. The van der Waals surface area contributed by atoms with E-state index >= 15 is 0 Å². The molecule has 76 valence electrons. The van der Waals surface area contributed by atoms with Crippen LogP contribution in [0.25, 0.3) is 11.4 Å². The Labute approximate surface area is 96.1 Å². The quantitative estimate of drug-likeness (QED) is 0.820. The summed E-state index contributed by atoms with van der Waals surface area (Å²) in [6.45, 7) is 0. The smallest absolute Gasteiger partial charge is 0.167 e. The Kier molecular flexibility index (Phi) is 2.75. The van der Waals surface area contributed by atoms with Crippen molar-refractivity contribution < 1.29 is 4.79 Å². The molecule has 0 atom stereocenters. The third-order valence-electron chi connectivity index (χ3n) is 1.91. The minimum absolute atomic E-state index is 0.413. The van der Waals surface area contributed by atoms with Gasteiger partial charge in [-0.2, -0.15) is 0 Å². The minimum Gasteiger partial charge on any atom is -0.336 e. The van der Waals surface area contributed by atoms with Crippen molar-refractivity contribution in [2.24, 2.45) is 0 Å². The molecule has 3 nitrogen and oxygen atoms in total. The largest absolute Gasteiger partial charge is 0.336 e. The topological polar surface area (TPSA) is 45.8 Å². The van der Waals surface area contributed by atoms with E-state index in [1.165, 1.54) is 6.20 Å². The summed E-state index contributed by atoms with van der Waals surface area (Å²) in [7, 11) is 0. The number of nitrogens with zero attached hydrogens (tertiary/aromatic N) is 1. The lowest BCUT2D eigenvalue weighted by Gasteiger charge is -2.00. The second kappa shape index (κ2) is 4.04. The van der Waals surface area contributed by atoms with Crippen LogP contribution in [-0.2, 0) is 0 Å². The van der Waals surface area contributed by atoms with Gasteiger partial charge in [-0.3, -0.25) is 4.79 Å². The van der Waals surface area contributed by atoms with Gasteiger partial charge in [0, 0.05) is 10.6 Å². The van der Waals surface area contributed by atoms with Gasteiger partial charge in [0.2, 0.25) is 0 Å². The van der Waals surface area contributed by atoms with Crippen LogP contribution in [0.5, 0.6) is 0 Å². The number of benzene rings is 1. The molecule has 2 aromatic rings. The monoisotopic (exact) mass is 240 g/mol. The minimum atomic E-state index is 0.413. The molecule has 1 aromatic heterocycles. The Bertz CT molecular complexity index is 508. The van der Waals surface area contributed by atoms with Crippen molar-refractivity contribution in [1.29, 1.82) is 0 Å². The molecule has 0 spiro atoms. The summed E-state index contributed by atoms with van der Waals surface area (Å²) in [6, 6.07) is 5.09. The molecule has 0 bridgehead atoms. The second-order valence-electron chi connectivity index (χ2n) is 2.93. The van der Waals surface area contributed by atoms with Gasteiger partial charge >= 0.3 is 0 Å². The summed E-state index contributed by atoms with van der Waals surface area (Å²) in [5.74, 6) is 0.554. The van der Waals surface area contributed by atoms with Crippen LogP contribution in [0.3, 0.4) is 0 Å². The van der Waals surface area contributed by atoms with Crippen molar-refractivity contribution in [2.45, 2.75) is 0 Å². The number of aromatic nitrogens is 2. The van der Waals surface area contributed by atoms with E-state index in [-0.39, 0.29) is 0 Å². The van der Waals surface area contributed by atoms with E-state index in [4.69, 9.17) is 23.2 Å². The molecule has 0 radical (unpaired) electrons. The predicted molar refractivity (Wildman–Crippen MR) is 59.4 cm³/mol. The fourth-order valence-electron chi connectivity index (χ4n) is 1.21. The predicted octanol–water partition coefficient (Wildman–Crippen LogP) is 3.20. The summed E-state index contributed by atoms with van der Waals surface area (Å²) in [4.78, 5) is 17.3. The van der Waals surface area contributed by atoms with Crippen LogP contribution < -0.4 is 0 Å². The molecule has 0 aliphatic rings. The van der Waals surface area contributed by atoms with Crippen LogP contribution in [0, 0.1) is 0 Å². The number of aromatic amines is 1. The van der Waals surface area contributed by atoms with Crippen molar-refractivity contribution in [1.82, 2.24) is 9.97 Å². The highest BCUT2D eigenvalue weighted by Gasteiger charge is 2.07. The first-order valence-electron chi connectivity index (χ1n) is 4.16. The summed E-state index contributed by atoms with van der Waals surface area (Å²) < 4.78 is 0. The molecule has 0 saturated heterocycles. The highest BCUT2D eigenvalue weighted by atomic mass is 35.5. The third-order valence-corrected chi connectivity index (χ3v) is 2.46. The Morgan fingerprint density at radius 1 is 1.33 bits per heavy atom. The van der Waals surface area contributed by atoms with Gasteiger partial charge in [-0.25, -0.2) is 4.98 Å². The Balaban J connectivity index is 2.49. The summed E-state index contributed by atoms with van der Waals surface area (Å²) >= 11 is 11.7. The van der Waals surface area contributed by atoms with Crippen LogP contribution in [0.4, 0.5) is 0 Å². The van der Waals surface area contributed by atoms with Crippen LogP contribution >= 0.6 is 23.2 Å². The molecule has 2 rings (SSSR count). The van der Waals surface area contributed by atoms with Crippen molar-refractivity contribution in [3.63, 3.8) is 0 Å². The van der Waals surface area contributed by atoms with E-state index in [1.54, 1.807) is 18.2 Å². The fraction of sp³-hybridized carbons (Fsp3) is 0. The van der Waals surface area contributed by atoms with Gasteiger partial charge in [-0.05, 0) is 18.2 Å². The number of carbonyl (C=O) groups excluding carboxylic acids is 1. The lowest BCUT2D eigenvalue weighted by Crippen LogP contribution is -1.83. The van der Waals surface area contributed by atoms with Gasteiger partial charge < -0.3 is 4.98 Å². The highest BCUT2D eigenvalue weighted by molar-refractivity contribution is 6.36. The average molecular weight is 241 g/mol. The zero-order valence-electron chi connectivity index (χ0n) is 7.50. The van der Waals surface area contributed by atoms with E-state index in [1.807, 2.05) is 0 Å². The van der Waals surface area contributed by atoms with Crippen molar-refractivity contribution >= 4 is 29.5 Å². The van der Waals surface area contributed by atoms with Crippen LogP contribution in [-0.4, -0.2) is 16.3 Å². The second-order valence-corrected chi connectivity index (χ2v) is 3.77. The maximum absolute atomic E-state index is 10.5.